The molecule has 0 fully saturated rings. The Bertz CT molecular complexity index is 165. The van der Waals surface area contributed by atoms with Crippen LogP contribution < -0.4 is 0 Å². The van der Waals surface area contributed by atoms with Gasteiger partial charge in [0.25, 0.3) is 0 Å². The fourth-order valence-electron chi connectivity index (χ4n) is 2.08. The first-order chi connectivity index (χ1) is 6.95. The van der Waals surface area contributed by atoms with Gasteiger partial charge in [0.15, 0.2) is 0 Å². The molecule has 0 radical (unpaired) electrons. The van der Waals surface area contributed by atoms with E-state index < -0.39 is 12.3 Å². The van der Waals surface area contributed by atoms with Crippen LogP contribution in [0.2, 0.25) is 0 Å². The van der Waals surface area contributed by atoms with E-state index in [1.54, 1.807) is 6.92 Å². The van der Waals surface area contributed by atoms with Crippen molar-refractivity contribution in [3.05, 3.63) is 0 Å². The van der Waals surface area contributed by atoms with Crippen molar-refractivity contribution < 1.29 is 13.5 Å². The molecule has 2 nitrogen and oxygen atoms in total. The molecule has 0 aromatic rings. The predicted octanol–water partition coefficient (Wildman–Crippen LogP) is 2.63. The zero-order chi connectivity index (χ0) is 12.0. The average Bonchev–Trinajstić information content (AvgIpc) is 2.12. The van der Waals surface area contributed by atoms with Crippen LogP contribution in [-0.2, 0) is 4.74 Å². The largest absolute Gasteiger partial charge is 0.377 e. The minimum atomic E-state index is -2.29. The van der Waals surface area contributed by atoms with Gasteiger partial charge in [-0.05, 0) is 34.4 Å². The van der Waals surface area contributed by atoms with Crippen LogP contribution in [0.25, 0.3) is 0 Å². The molecule has 0 rings (SSSR count). The molecule has 0 saturated carbocycles. The van der Waals surface area contributed by atoms with Gasteiger partial charge in [-0.25, -0.2) is 8.78 Å². The van der Waals surface area contributed by atoms with Gasteiger partial charge >= 0.3 is 0 Å². The molecule has 0 spiro atoms. The number of rotatable bonds is 7. The van der Waals surface area contributed by atoms with E-state index >= 15 is 0 Å². The smallest absolute Gasteiger partial charge is 0.243 e. The predicted molar refractivity (Wildman–Crippen MR) is 58.3 cm³/mol. The molecule has 0 N–H and O–H groups in total. The minimum absolute atomic E-state index is 0.163. The van der Waals surface area contributed by atoms with Crippen LogP contribution >= 0.6 is 0 Å². The lowest BCUT2D eigenvalue weighted by Crippen LogP contribution is -2.46. The van der Waals surface area contributed by atoms with Gasteiger partial charge in [-0.2, -0.15) is 0 Å². The number of ether oxygens (including phenoxy) is 1. The first-order valence-corrected chi connectivity index (χ1v) is 5.51. The second-order valence-corrected chi connectivity index (χ2v) is 4.02. The van der Waals surface area contributed by atoms with Crippen molar-refractivity contribution in [3.63, 3.8) is 0 Å². The highest BCUT2D eigenvalue weighted by molar-refractivity contribution is 4.82. The molecule has 4 heteroatoms. The SMILES string of the molecule is CCO[C@@H](C)[C@H]([C@@H](CC)C(F)F)N(C)C. The van der Waals surface area contributed by atoms with E-state index in [0.717, 1.165) is 0 Å². The zero-order valence-corrected chi connectivity index (χ0v) is 10.3. The van der Waals surface area contributed by atoms with Gasteiger partial charge < -0.3 is 9.64 Å². The highest BCUT2D eigenvalue weighted by Crippen LogP contribution is 2.24. The van der Waals surface area contributed by atoms with Gasteiger partial charge in [-0.1, -0.05) is 6.92 Å². The Hall–Kier alpha value is -0.220. The van der Waals surface area contributed by atoms with Crippen LogP contribution in [0.1, 0.15) is 27.2 Å². The quantitative estimate of drug-likeness (QED) is 0.658. The summed E-state index contributed by atoms with van der Waals surface area (Å²) < 4.78 is 31.1. The molecular weight excluding hydrogens is 200 g/mol. The molecule has 0 heterocycles. The Morgan fingerprint density at radius 3 is 2.00 bits per heavy atom. The van der Waals surface area contributed by atoms with Crippen molar-refractivity contribution >= 4 is 0 Å². The summed E-state index contributed by atoms with van der Waals surface area (Å²) in [5.74, 6) is -0.624. The molecule has 15 heavy (non-hydrogen) atoms. The van der Waals surface area contributed by atoms with Crippen LogP contribution in [0.4, 0.5) is 8.78 Å². The summed E-state index contributed by atoms with van der Waals surface area (Å²) >= 11 is 0. The van der Waals surface area contributed by atoms with Gasteiger partial charge in [0.1, 0.15) is 0 Å². The van der Waals surface area contributed by atoms with E-state index in [-0.39, 0.29) is 12.1 Å². The van der Waals surface area contributed by atoms with Gasteiger partial charge in [-0.15, -0.1) is 0 Å². The molecule has 0 amide bonds. The van der Waals surface area contributed by atoms with Crippen LogP contribution in [-0.4, -0.2) is 44.2 Å². The zero-order valence-electron chi connectivity index (χ0n) is 10.3. The first kappa shape index (κ1) is 14.8. The third kappa shape index (κ3) is 4.43. The Labute approximate surface area is 91.6 Å². The molecule has 0 aliphatic rings. The summed E-state index contributed by atoms with van der Waals surface area (Å²) in [6.07, 6.45) is -1.98. The number of nitrogens with zero attached hydrogens (tertiary/aromatic N) is 1. The molecule has 0 saturated heterocycles. The maximum Gasteiger partial charge on any atom is 0.243 e. The number of hydrogen-bond donors (Lipinski definition) is 0. The fraction of sp³-hybridized carbons (Fsp3) is 1.00. The molecule has 0 aliphatic heterocycles. The minimum Gasteiger partial charge on any atom is -0.377 e. The maximum absolute atomic E-state index is 12.8. The van der Waals surface area contributed by atoms with Gasteiger partial charge in [0, 0.05) is 18.6 Å². The fourth-order valence-corrected chi connectivity index (χ4v) is 2.08. The van der Waals surface area contributed by atoms with Crippen molar-refractivity contribution in [2.75, 3.05) is 20.7 Å². The Kier molecular flexibility index (Phi) is 7.02. The molecule has 0 aromatic carbocycles. The second kappa shape index (κ2) is 7.12. The third-order valence-electron chi connectivity index (χ3n) is 2.74. The van der Waals surface area contributed by atoms with Gasteiger partial charge in [0.05, 0.1) is 6.10 Å². The summed E-state index contributed by atoms with van der Waals surface area (Å²) in [6.45, 7) is 6.10. The van der Waals surface area contributed by atoms with Crippen molar-refractivity contribution in [2.24, 2.45) is 5.92 Å². The van der Waals surface area contributed by atoms with Crippen molar-refractivity contribution in [1.82, 2.24) is 4.90 Å². The lowest BCUT2D eigenvalue weighted by Gasteiger charge is -2.35. The van der Waals surface area contributed by atoms with E-state index in [4.69, 9.17) is 4.74 Å². The highest BCUT2D eigenvalue weighted by Gasteiger charge is 2.33. The average molecular weight is 223 g/mol. The normalized spacial score (nSPS) is 18.2. The second-order valence-electron chi connectivity index (χ2n) is 4.02. The highest BCUT2D eigenvalue weighted by atomic mass is 19.3. The standard InChI is InChI=1S/C11H23F2NO/c1-6-9(11(12)13)10(14(4)5)8(3)15-7-2/h8-11H,6-7H2,1-5H3/t8-,9+,10+/m0/s1. The lowest BCUT2D eigenvalue weighted by molar-refractivity contribution is -0.0492. The monoisotopic (exact) mass is 223 g/mol. The third-order valence-corrected chi connectivity index (χ3v) is 2.74. The van der Waals surface area contributed by atoms with E-state index in [0.29, 0.717) is 13.0 Å². The molecule has 3 atom stereocenters. The van der Waals surface area contributed by atoms with Crippen LogP contribution in [0.3, 0.4) is 0 Å². The van der Waals surface area contributed by atoms with Crippen molar-refractivity contribution in [2.45, 2.75) is 45.8 Å². The maximum atomic E-state index is 12.8. The van der Waals surface area contributed by atoms with Crippen molar-refractivity contribution in [3.8, 4) is 0 Å². The number of likely N-dealkylation sites (N-methyl/N-ethyl adjacent to an activating group) is 1. The Balaban J connectivity index is 4.61. The van der Waals surface area contributed by atoms with E-state index in [1.807, 2.05) is 32.8 Å². The van der Waals surface area contributed by atoms with Crippen LogP contribution in [0, 0.1) is 5.92 Å². The molecular formula is C11H23F2NO. The summed E-state index contributed by atoms with van der Waals surface area (Å²) in [7, 11) is 3.65. The molecule has 0 aliphatic carbocycles. The summed E-state index contributed by atoms with van der Waals surface area (Å²) in [5, 5.41) is 0. The van der Waals surface area contributed by atoms with Gasteiger partial charge in [-0.3, -0.25) is 0 Å². The first-order valence-electron chi connectivity index (χ1n) is 5.51. The molecule has 0 unspecified atom stereocenters. The molecule has 0 aromatic heterocycles. The van der Waals surface area contributed by atoms with Crippen LogP contribution in [0.15, 0.2) is 0 Å². The van der Waals surface area contributed by atoms with Crippen LogP contribution in [0.5, 0.6) is 0 Å². The van der Waals surface area contributed by atoms with E-state index in [2.05, 4.69) is 0 Å². The number of alkyl halides is 2. The summed E-state index contributed by atoms with van der Waals surface area (Å²) in [6, 6.07) is -0.227. The number of halogens is 2. The topological polar surface area (TPSA) is 12.5 Å². The molecule has 0 bridgehead atoms. The summed E-state index contributed by atoms with van der Waals surface area (Å²) in [5.41, 5.74) is 0. The lowest BCUT2D eigenvalue weighted by atomic mass is 9.92. The molecule has 92 valence electrons. The Morgan fingerprint density at radius 2 is 1.73 bits per heavy atom. The van der Waals surface area contributed by atoms with E-state index in [1.165, 1.54) is 0 Å². The van der Waals surface area contributed by atoms with Gasteiger partial charge in [0.2, 0.25) is 6.43 Å². The number of hydrogen-bond acceptors (Lipinski definition) is 2. The Morgan fingerprint density at radius 1 is 1.20 bits per heavy atom. The summed E-state index contributed by atoms with van der Waals surface area (Å²) in [4.78, 5) is 1.83. The van der Waals surface area contributed by atoms with E-state index in [9.17, 15) is 8.78 Å². The van der Waals surface area contributed by atoms with Crippen molar-refractivity contribution in [1.29, 1.82) is 0 Å².